The fourth-order valence-electron chi connectivity index (χ4n) is 1.71. The molecule has 1 unspecified atom stereocenters. The maximum Gasteiger partial charge on any atom is 0.120 e. The van der Waals surface area contributed by atoms with Crippen molar-refractivity contribution in [2.24, 2.45) is 0 Å². The molecule has 0 amide bonds. The lowest BCUT2D eigenvalue weighted by atomic mass is 10.0. The molecule has 0 heterocycles. The van der Waals surface area contributed by atoms with Gasteiger partial charge in [-0.15, -0.1) is 0 Å². The molecule has 1 aromatic carbocycles. The molecule has 1 rings (SSSR count). The number of aryl methyl sites for hydroxylation is 1. The maximum atomic E-state index is 6.10. The van der Waals surface area contributed by atoms with Gasteiger partial charge in [-0.05, 0) is 57.4 Å². The van der Waals surface area contributed by atoms with Crippen molar-refractivity contribution >= 4 is 11.6 Å². The Balaban J connectivity index is 2.55. The first kappa shape index (κ1) is 16.3. The van der Waals surface area contributed by atoms with Crippen molar-refractivity contribution in [1.29, 1.82) is 0 Å². The molecule has 0 aliphatic heterocycles. The highest BCUT2D eigenvalue weighted by Gasteiger charge is 2.15. The van der Waals surface area contributed by atoms with Crippen LogP contribution in [0.3, 0.4) is 0 Å². The number of hydrogen-bond donors (Lipinski definition) is 1. The van der Waals surface area contributed by atoms with Gasteiger partial charge in [-0.1, -0.05) is 25.4 Å². The summed E-state index contributed by atoms with van der Waals surface area (Å²) in [5, 5.41) is 4.33. The fourth-order valence-corrected chi connectivity index (χ4v) is 1.97. The van der Waals surface area contributed by atoms with E-state index in [1.807, 2.05) is 18.2 Å². The highest BCUT2D eigenvalue weighted by atomic mass is 35.5. The standard InChI is InChI=1S/C16H26ClNO/c1-6-13-10-14(8-9-15(13)17)19-12(3)11-18-16(4,5)7-2/h8-10,12,18H,6-7,11H2,1-5H3. The van der Waals surface area contributed by atoms with Crippen LogP contribution in [-0.4, -0.2) is 18.2 Å². The normalized spacial score (nSPS) is 13.4. The number of hydrogen-bond acceptors (Lipinski definition) is 2. The van der Waals surface area contributed by atoms with E-state index in [0.717, 1.165) is 35.7 Å². The molecule has 0 saturated carbocycles. The van der Waals surface area contributed by atoms with Gasteiger partial charge in [-0.25, -0.2) is 0 Å². The highest BCUT2D eigenvalue weighted by molar-refractivity contribution is 6.31. The number of rotatable bonds is 7. The predicted octanol–water partition coefficient (Wildman–Crippen LogP) is 4.45. The van der Waals surface area contributed by atoms with Crippen LogP contribution in [0, 0.1) is 0 Å². The highest BCUT2D eigenvalue weighted by Crippen LogP contribution is 2.23. The quantitative estimate of drug-likeness (QED) is 0.798. The van der Waals surface area contributed by atoms with E-state index in [0.29, 0.717) is 0 Å². The maximum absolute atomic E-state index is 6.10. The van der Waals surface area contributed by atoms with Gasteiger partial charge in [0.15, 0.2) is 0 Å². The average Bonchev–Trinajstić information content (AvgIpc) is 2.39. The molecule has 1 N–H and O–H groups in total. The first-order chi connectivity index (χ1) is 8.88. The van der Waals surface area contributed by atoms with E-state index >= 15 is 0 Å². The number of benzene rings is 1. The van der Waals surface area contributed by atoms with Crippen molar-refractivity contribution in [2.75, 3.05) is 6.54 Å². The van der Waals surface area contributed by atoms with Crippen LogP contribution in [0.5, 0.6) is 5.75 Å². The van der Waals surface area contributed by atoms with E-state index in [9.17, 15) is 0 Å². The summed E-state index contributed by atoms with van der Waals surface area (Å²) >= 11 is 6.10. The molecule has 19 heavy (non-hydrogen) atoms. The number of ether oxygens (including phenoxy) is 1. The second kappa shape index (κ2) is 7.16. The Bertz CT molecular complexity index is 404. The lowest BCUT2D eigenvalue weighted by molar-refractivity contribution is 0.199. The summed E-state index contributed by atoms with van der Waals surface area (Å²) in [6.07, 6.45) is 2.16. The summed E-state index contributed by atoms with van der Waals surface area (Å²) in [5.74, 6) is 0.893. The van der Waals surface area contributed by atoms with E-state index < -0.39 is 0 Å². The zero-order valence-electron chi connectivity index (χ0n) is 12.7. The Labute approximate surface area is 122 Å². The molecular weight excluding hydrogens is 258 g/mol. The molecule has 3 heteroatoms. The van der Waals surface area contributed by atoms with Crippen molar-refractivity contribution in [2.45, 2.75) is 59.1 Å². The van der Waals surface area contributed by atoms with Crippen LogP contribution in [0.25, 0.3) is 0 Å². The molecular formula is C16H26ClNO. The fraction of sp³-hybridized carbons (Fsp3) is 0.625. The third-order valence-electron chi connectivity index (χ3n) is 3.49. The van der Waals surface area contributed by atoms with Crippen LogP contribution in [-0.2, 0) is 6.42 Å². The Morgan fingerprint density at radius 2 is 2.00 bits per heavy atom. The third-order valence-corrected chi connectivity index (χ3v) is 3.86. The van der Waals surface area contributed by atoms with Gasteiger partial charge in [0.25, 0.3) is 0 Å². The first-order valence-corrected chi connectivity index (χ1v) is 7.46. The second-order valence-electron chi connectivity index (χ2n) is 5.65. The molecule has 0 aliphatic carbocycles. The van der Waals surface area contributed by atoms with Gasteiger partial charge in [0.1, 0.15) is 11.9 Å². The second-order valence-corrected chi connectivity index (χ2v) is 6.06. The number of nitrogens with one attached hydrogen (secondary N) is 1. The van der Waals surface area contributed by atoms with Gasteiger partial charge in [0.2, 0.25) is 0 Å². The predicted molar refractivity (Wildman–Crippen MR) is 83.3 cm³/mol. The van der Waals surface area contributed by atoms with Crippen LogP contribution in [0.15, 0.2) is 18.2 Å². The van der Waals surface area contributed by atoms with E-state index in [4.69, 9.17) is 16.3 Å². The molecule has 0 fully saturated rings. The summed E-state index contributed by atoms with van der Waals surface area (Å²) in [5.41, 5.74) is 1.29. The smallest absolute Gasteiger partial charge is 0.120 e. The minimum absolute atomic E-state index is 0.136. The van der Waals surface area contributed by atoms with Crippen LogP contribution < -0.4 is 10.1 Å². The third kappa shape index (κ3) is 5.42. The molecule has 0 aliphatic rings. The van der Waals surface area contributed by atoms with E-state index in [1.54, 1.807) is 0 Å². The summed E-state index contributed by atoms with van der Waals surface area (Å²) in [6, 6.07) is 5.87. The lowest BCUT2D eigenvalue weighted by Crippen LogP contribution is -2.43. The van der Waals surface area contributed by atoms with Gasteiger partial charge in [0, 0.05) is 17.1 Å². The van der Waals surface area contributed by atoms with Crippen LogP contribution in [0.4, 0.5) is 0 Å². The Kier molecular flexibility index (Phi) is 6.15. The lowest BCUT2D eigenvalue weighted by Gasteiger charge is -2.27. The molecule has 0 radical (unpaired) electrons. The van der Waals surface area contributed by atoms with Crippen LogP contribution in [0.2, 0.25) is 5.02 Å². The molecule has 0 bridgehead atoms. The number of halogens is 1. The molecule has 0 saturated heterocycles. The van der Waals surface area contributed by atoms with Crippen molar-refractivity contribution in [3.63, 3.8) is 0 Å². The minimum Gasteiger partial charge on any atom is -0.489 e. The average molecular weight is 284 g/mol. The van der Waals surface area contributed by atoms with Crippen LogP contribution in [0.1, 0.15) is 46.6 Å². The SMILES string of the molecule is CCc1cc(OC(C)CNC(C)(C)CC)ccc1Cl. The van der Waals surface area contributed by atoms with Crippen LogP contribution >= 0.6 is 11.6 Å². The first-order valence-electron chi connectivity index (χ1n) is 7.08. The van der Waals surface area contributed by atoms with Gasteiger partial charge < -0.3 is 10.1 Å². The van der Waals surface area contributed by atoms with Gasteiger partial charge >= 0.3 is 0 Å². The van der Waals surface area contributed by atoms with E-state index in [1.165, 1.54) is 0 Å². The largest absolute Gasteiger partial charge is 0.489 e. The summed E-state index contributed by atoms with van der Waals surface area (Å²) in [4.78, 5) is 0. The zero-order valence-corrected chi connectivity index (χ0v) is 13.5. The Morgan fingerprint density at radius 3 is 2.58 bits per heavy atom. The van der Waals surface area contributed by atoms with Gasteiger partial charge in [-0.3, -0.25) is 0 Å². The molecule has 1 atom stereocenters. The van der Waals surface area contributed by atoms with E-state index in [-0.39, 0.29) is 11.6 Å². The summed E-state index contributed by atoms with van der Waals surface area (Å²) in [7, 11) is 0. The van der Waals surface area contributed by atoms with Gasteiger partial charge in [-0.2, -0.15) is 0 Å². The van der Waals surface area contributed by atoms with Crippen molar-refractivity contribution in [3.05, 3.63) is 28.8 Å². The van der Waals surface area contributed by atoms with E-state index in [2.05, 4.69) is 39.9 Å². The topological polar surface area (TPSA) is 21.3 Å². The van der Waals surface area contributed by atoms with Crippen molar-refractivity contribution in [3.8, 4) is 5.75 Å². The minimum atomic E-state index is 0.136. The van der Waals surface area contributed by atoms with Crippen molar-refractivity contribution < 1.29 is 4.74 Å². The zero-order chi connectivity index (χ0) is 14.5. The van der Waals surface area contributed by atoms with Crippen molar-refractivity contribution in [1.82, 2.24) is 5.32 Å². The molecule has 2 nitrogen and oxygen atoms in total. The molecule has 0 aromatic heterocycles. The summed E-state index contributed by atoms with van der Waals surface area (Å²) in [6.45, 7) is 11.6. The molecule has 1 aromatic rings. The van der Waals surface area contributed by atoms with Gasteiger partial charge in [0.05, 0.1) is 0 Å². The molecule has 108 valence electrons. The monoisotopic (exact) mass is 283 g/mol. The Hall–Kier alpha value is -0.730. The molecule has 0 spiro atoms. The summed E-state index contributed by atoms with van der Waals surface area (Å²) < 4.78 is 5.93. The Morgan fingerprint density at radius 1 is 1.32 bits per heavy atom.